The summed E-state index contributed by atoms with van der Waals surface area (Å²) >= 11 is 0. The van der Waals surface area contributed by atoms with Crippen LogP contribution in [0.2, 0.25) is 0 Å². The van der Waals surface area contributed by atoms with Crippen LogP contribution in [0.25, 0.3) is 0 Å². The predicted octanol–water partition coefficient (Wildman–Crippen LogP) is 2.65. The van der Waals surface area contributed by atoms with Gasteiger partial charge in [-0.25, -0.2) is 0 Å². The second-order valence-electron chi connectivity index (χ2n) is 4.48. The summed E-state index contributed by atoms with van der Waals surface area (Å²) in [5.74, 6) is -2.11. The molecule has 7 heteroatoms. The number of nitrogens with one attached hydrogen (secondary N) is 1. The third-order valence-corrected chi connectivity index (χ3v) is 2.87. The first kappa shape index (κ1) is 17.2. The number of alkyl halides is 3. The number of benzene rings is 1. The summed E-state index contributed by atoms with van der Waals surface area (Å²) in [6.45, 7) is 1.74. The maximum absolute atomic E-state index is 12.1. The molecular weight excluding hydrogens is 287 g/mol. The number of ether oxygens (including phenoxy) is 1. The smallest absolute Gasteiger partial charge is 0.384 e. The van der Waals surface area contributed by atoms with Gasteiger partial charge >= 0.3 is 12.1 Å². The Balaban J connectivity index is 2.69. The Kier molecular flexibility index (Phi) is 5.90. The zero-order valence-corrected chi connectivity index (χ0v) is 11.7. The Morgan fingerprint density at radius 1 is 1.24 bits per heavy atom. The quantitative estimate of drug-likeness (QED) is 0.822. The van der Waals surface area contributed by atoms with Gasteiger partial charge in [-0.2, -0.15) is 13.2 Å². The Hall–Kier alpha value is -1.89. The van der Waals surface area contributed by atoms with Crippen molar-refractivity contribution in [2.24, 2.45) is 0 Å². The summed E-state index contributed by atoms with van der Waals surface area (Å²) in [4.78, 5) is 22.5. The lowest BCUT2D eigenvalue weighted by molar-refractivity contribution is -0.174. The number of rotatable bonds is 6. The van der Waals surface area contributed by atoms with Crippen molar-refractivity contribution in [2.75, 3.05) is 13.7 Å². The minimum Gasteiger partial charge on any atom is -0.384 e. The first-order chi connectivity index (χ1) is 9.75. The second kappa shape index (κ2) is 7.21. The van der Waals surface area contributed by atoms with Crippen molar-refractivity contribution in [3.05, 3.63) is 35.4 Å². The molecule has 1 rings (SSSR count). The molecule has 116 valence electrons. The van der Waals surface area contributed by atoms with Gasteiger partial charge in [0.25, 0.3) is 0 Å². The molecule has 1 aromatic rings. The molecule has 1 amide bonds. The van der Waals surface area contributed by atoms with Crippen molar-refractivity contribution in [1.29, 1.82) is 0 Å². The normalized spacial score (nSPS) is 12.8. The third kappa shape index (κ3) is 5.18. The molecule has 0 aliphatic rings. The molecule has 0 aromatic heterocycles. The summed E-state index contributed by atoms with van der Waals surface area (Å²) in [5, 5.41) is 1.85. The molecule has 1 aromatic carbocycles. The number of methoxy groups -OCH3 is 1. The van der Waals surface area contributed by atoms with E-state index >= 15 is 0 Å². The molecule has 0 saturated carbocycles. The van der Waals surface area contributed by atoms with E-state index in [-0.39, 0.29) is 12.2 Å². The summed E-state index contributed by atoms with van der Waals surface area (Å²) in [7, 11) is 1.49. The Labute approximate surface area is 120 Å². The molecular formula is C14H16F3NO3. The van der Waals surface area contributed by atoms with Crippen LogP contribution in [0.3, 0.4) is 0 Å². The fourth-order valence-corrected chi connectivity index (χ4v) is 1.66. The zero-order chi connectivity index (χ0) is 16.0. The summed E-state index contributed by atoms with van der Waals surface area (Å²) in [6, 6.07) is 5.26. The number of carbonyl (C=O) groups is 2. The van der Waals surface area contributed by atoms with Gasteiger partial charge < -0.3 is 10.1 Å². The lowest BCUT2D eigenvalue weighted by atomic mass is 10.0. The van der Waals surface area contributed by atoms with Crippen molar-refractivity contribution in [3.63, 3.8) is 0 Å². The maximum Gasteiger partial charge on any atom is 0.471 e. The van der Waals surface area contributed by atoms with Crippen LogP contribution < -0.4 is 5.32 Å². The third-order valence-electron chi connectivity index (χ3n) is 2.87. The Bertz CT molecular complexity index is 497. The molecule has 0 unspecified atom stereocenters. The van der Waals surface area contributed by atoms with E-state index in [2.05, 4.69) is 0 Å². The van der Waals surface area contributed by atoms with Crippen LogP contribution >= 0.6 is 0 Å². The van der Waals surface area contributed by atoms with E-state index in [9.17, 15) is 22.8 Å². The number of carbonyl (C=O) groups excluding carboxylic acids is 2. The molecule has 1 N–H and O–H groups in total. The average molecular weight is 303 g/mol. The van der Waals surface area contributed by atoms with Crippen molar-refractivity contribution in [3.8, 4) is 0 Å². The summed E-state index contributed by atoms with van der Waals surface area (Å²) in [5.41, 5.74) is 0.932. The van der Waals surface area contributed by atoms with Gasteiger partial charge in [-0.15, -0.1) is 0 Å². The first-order valence-corrected chi connectivity index (χ1v) is 6.25. The van der Waals surface area contributed by atoms with Gasteiger partial charge in [0, 0.05) is 19.1 Å². The lowest BCUT2D eigenvalue weighted by Gasteiger charge is -2.15. The second-order valence-corrected chi connectivity index (χ2v) is 4.48. The van der Waals surface area contributed by atoms with E-state index in [4.69, 9.17) is 4.74 Å². The van der Waals surface area contributed by atoms with Gasteiger partial charge in [0.15, 0.2) is 5.78 Å². The Morgan fingerprint density at radius 3 is 2.29 bits per heavy atom. The molecule has 0 saturated heterocycles. The maximum atomic E-state index is 12.1. The van der Waals surface area contributed by atoms with E-state index in [0.29, 0.717) is 17.7 Å². The van der Waals surface area contributed by atoms with Crippen LogP contribution in [0.5, 0.6) is 0 Å². The molecule has 0 aliphatic carbocycles. The van der Waals surface area contributed by atoms with E-state index < -0.39 is 18.1 Å². The standard InChI is InChI=1S/C14H16F3NO3/c1-9(18-13(20)14(15,16)17)10-3-5-11(6-4-10)12(19)7-8-21-2/h3-6,9H,7-8H2,1-2H3,(H,18,20)/t9-/m0/s1. The predicted molar refractivity (Wildman–Crippen MR) is 69.9 cm³/mol. The highest BCUT2D eigenvalue weighted by Gasteiger charge is 2.39. The van der Waals surface area contributed by atoms with Crippen LogP contribution in [0.1, 0.15) is 35.3 Å². The zero-order valence-electron chi connectivity index (χ0n) is 11.7. The van der Waals surface area contributed by atoms with Gasteiger partial charge in [0.2, 0.25) is 0 Å². The van der Waals surface area contributed by atoms with Crippen LogP contribution in [0.15, 0.2) is 24.3 Å². The SMILES string of the molecule is COCCC(=O)c1ccc([C@H](C)NC(=O)C(F)(F)F)cc1. The highest BCUT2D eigenvalue weighted by molar-refractivity contribution is 5.96. The molecule has 4 nitrogen and oxygen atoms in total. The van der Waals surface area contributed by atoms with E-state index in [1.54, 1.807) is 0 Å². The molecule has 0 heterocycles. The van der Waals surface area contributed by atoms with Crippen molar-refractivity contribution >= 4 is 11.7 Å². The molecule has 1 atom stereocenters. The highest BCUT2D eigenvalue weighted by Crippen LogP contribution is 2.19. The van der Waals surface area contributed by atoms with Gasteiger partial charge in [-0.3, -0.25) is 9.59 Å². The summed E-state index contributed by atoms with van der Waals surface area (Å²) < 4.78 is 41.2. The number of halogens is 3. The minimum absolute atomic E-state index is 0.115. The van der Waals surface area contributed by atoms with Crippen LogP contribution in [0.4, 0.5) is 13.2 Å². The van der Waals surface area contributed by atoms with Crippen LogP contribution in [-0.2, 0) is 9.53 Å². The van der Waals surface area contributed by atoms with Crippen molar-refractivity contribution in [2.45, 2.75) is 25.6 Å². The lowest BCUT2D eigenvalue weighted by Crippen LogP contribution is -2.38. The number of hydrogen-bond donors (Lipinski definition) is 1. The Morgan fingerprint density at radius 2 is 1.81 bits per heavy atom. The van der Waals surface area contributed by atoms with E-state index in [1.807, 2.05) is 5.32 Å². The number of Topliss-reactive ketones (excluding diaryl/α,β-unsaturated/α-hetero) is 1. The minimum atomic E-state index is -4.91. The molecule has 0 aliphatic heterocycles. The largest absolute Gasteiger partial charge is 0.471 e. The average Bonchev–Trinajstić information content (AvgIpc) is 2.43. The van der Waals surface area contributed by atoms with Gasteiger partial charge in [-0.05, 0) is 12.5 Å². The molecule has 0 radical (unpaired) electrons. The van der Waals surface area contributed by atoms with Gasteiger partial charge in [-0.1, -0.05) is 24.3 Å². The fraction of sp³-hybridized carbons (Fsp3) is 0.429. The number of amides is 1. The number of ketones is 1. The van der Waals surface area contributed by atoms with Gasteiger partial charge in [0.05, 0.1) is 12.6 Å². The van der Waals surface area contributed by atoms with Crippen molar-refractivity contribution in [1.82, 2.24) is 5.32 Å². The number of hydrogen-bond acceptors (Lipinski definition) is 3. The summed E-state index contributed by atoms with van der Waals surface area (Å²) in [6.07, 6.45) is -4.68. The molecule has 0 bridgehead atoms. The molecule has 0 spiro atoms. The molecule has 0 fully saturated rings. The topological polar surface area (TPSA) is 55.4 Å². The van der Waals surface area contributed by atoms with Crippen molar-refractivity contribution < 1.29 is 27.5 Å². The monoisotopic (exact) mass is 303 g/mol. The van der Waals surface area contributed by atoms with E-state index in [0.717, 1.165) is 0 Å². The van der Waals surface area contributed by atoms with E-state index in [1.165, 1.54) is 38.3 Å². The fourth-order valence-electron chi connectivity index (χ4n) is 1.66. The van der Waals surface area contributed by atoms with Crippen LogP contribution in [-0.4, -0.2) is 31.6 Å². The van der Waals surface area contributed by atoms with Crippen LogP contribution in [0, 0.1) is 0 Å². The highest BCUT2D eigenvalue weighted by atomic mass is 19.4. The van der Waals surface area contributed by atoms with Gasteiger partial charge in [0.1, 0.15) is 0 Å². The first-order valence-electron chi connectivity index (χ1n) is 6.25. The molecule has 21 heavy (non-hydrogen) atoms.